The maximum Gasteiger partial charge on any atom is 0.338 e. The number of ether oxygens (including phenoxy) is 5. The Balaban J connectivity index is 1.14. The molecule has 0 bridgehead atoms. The van der Waals surface area contributed by atoms with Crippen molar-refractivity contribution in [2.24, 2.45) is 50.2 Å². The van der Waals surface area contributed by atoms with E-state index in [4.69, 9.17) is 23.7 Å². The van der Waals surface area contributed by atoms with Crippen LogP contribution in [0, 0.1) is 50.2 Å². The van der Waals surface area contributed by atoms with E-state index in [9.17, 15) is 45.3 Å². The number of hydrogen-bond donors (Lipinski definition) is 7. The zero-order chi connectivity index (χ0) is 42.5. The second-order valence-corrected chi connectivity index (χ2v) is 21.1. The number of rotatable bonds is 7. The summed E-state index contributed by atoms with van der Waals surface area (Å²) in [6.45, 7) is 17.3. The number of fused-ring (bicyclic) bond motifs is 7. The monoisotopic (exact) mass is 822 g/mol. The normalized spacial score (nSPS) is 50.8. The second-order valence-electron chi connectivity index (χ2n) is 21.1. The predicted molar refractivity (Wildman–Crippen MR) is 207 cm³/mol. The van der Waals surface area contributed by atoms with Gasteiger partial charge in [-0.05, 0) is 116 Å². The molecule has 58 heavy (non-hydrogen) atoms. The van der Waals surface area contributed by atoms with Gasteiger partial charge < -0.3 is 59.4 Å². The second kappa shape index (κ2) is 15.3. The summed E-state index contributed by atoms with van der Waals surface area (Å²) in [5, 5.41) is 73.6. The van der Waals surface area contributed by atoms with Crippen molar-refractivity contribution in [3.63, 3.8) is 0 Å². The molecule has 6 fully saturated rings. The van der Waals surface area contributed by atoms with E-state index in [1.165, 1.54) is 5.57 Å². The lowest BCUT2D eigenvalue weighted by Crippen LogP contribution is -2.66. The Morgan fingerprint density at radius 1 is 0.759 bits per heavy atom. The molecule has 18 atom stereocenters. The van der Waals surface area contributed by atoms with Crippen LogP contribution in [0.3, 0.4) is 0 Å². The summed E-state index contributed by atoms with van der Waals surface area (Å²) in [5.41, 5.74) is -0.355. The van der Waals surface area contributed by atoms with Gasteiger partial charge in [-0.3, -0.25) is 4.79 Å². The number of esters is 2. The highest BCUT2D eigenvalue weighted by atomic mass is 16.7. The molecule has 0 aromatic rings. The molecule has 2 heterocycles. The van der Waals surface area contributed by atoms with Crippen LogP contribution in [0.5, 0.6) is 0 Å². The van der Waals surface area contributed by atoms with Crippen LogP contribution in [0.25, 0.3) is 0 Å². The third-order valence-electron chi connectivity index (χ3n) is 17.4. The molecule has 0 amide bonds. The lowest BCUT2D eigenvalue weighted by molar-refractivity contribution is -0.324. The third-order valence-corrected chi connectivity index (χ3v) is 17.4. The standard InChI is InChI=1S/C44H70O14/c1-9-54-35(52)34-31(49)30(48)33(51)37(57-34)56-27-13-14-41(6)25(40(27,4)5)12-15-43(8)26(41)11-10-22-23-20-39(2,3)16-18-44(23,19-17-42(22,43)7)38(53)58-36-32(50)29(47)28(46)24(21-45)55-36/h10,23-34,36-37,45-51H,9,11-21H2,1-8H3/t23-,24+,25-,26+,27-,28+,29-,30-,31-,32+,33+,34-,36-,37+,41-,42+,43+,44-/m0/s1. The number of allylic oxidation sites excluding steroid dienone is 2. The van der Waals surface area contributed by atoms with Crippen LogP contribution < -0.4 is 0 Å². The number of aliphatic hydroxyl groups is 7. The summed E-state index contributed by atoms with van der Waals surface area (Å²) in [6.07, 6.45) is -5.32. The molecule has 7 N–H and O–H groups in total. The van der Waals surface area contributed by atoms with Gasteiger partial charge in [-0.15, -0.1) is 0 Å². The highest BCUT2D eigenvalue weighted by Crippen LogP contribution is 2.76. The summed E-state index contributed by atoms with van der Waals surface area (Å²) in [5.74, 6) is -0.842. The van der Waals surface area contributed by atoms with Crippen molar-refractivity contribution in [2.75, 3.05) is 13.2 Å². The largest absolute Gasteiger partial charge is 0.464 e. The summed E-state index contributed by atoms with van der Waals surface area (Å²) < 4.78 is 29.1. The quantitative estimate of drug-likeness (QED) is 0.112. The molecular weight excluding hydrogens is 752 g/mol. The molecule has 330 valence electrons. The zero-order valence-electron chi connectivity index (χ0n) is 35.6. The van der Waals surface area contributed by atoms with Crippen molar-refractivity contribution in [3.8, 4) is 0 Å². The predicted octanol–water partition coefficient (Wildman–Crippen LogP) is 2.89. The molecule has 0 spiro atoms. The molecule has 4 saturated carbocycles. The van der Waals surface area contributed by atoms with Crippen molar-refractivity contribution in [2.45, 2.75) is 187 Å². The molecule has 0 aromatic heterocycles. The highest BCUT2D eigenvalue weighted by molar-refractivity contribution is 5.79. The summed E-state index contributed by atoms with van der Waals surface area (Å²) in [7, 11) is 0. The Hall–Kier alpha value is -1.72. The summed E-state index contributed by atoms with van der Waals surface area (Å²) >= 11 is 0. The van der Waals surface area contributed by atoms with E-state index in [0.717, 1.165) is 44.9 Å². The molecule has 0 unspecified atom stereocenters. The minimum Gasteiger partial charge on any atom is -0.464 e. The van der Waals surface area contributed by atoms with Crippen LogP contribution in [0.2, 0.25) is 0 Å². The SMILES string of the molecule is CCOC(=O)[C@H]1O[C@@H](O[C@H]2CC[C@]3(C)[C@H]4CC=C5[C@@H]6CC(C)(C)CC[C@]6(C(=O)O[C@@H]6O[C@H](CO)[C@@H](O)[C@H](O)[C@H]6O)CC[C@@]5(C)[C@]4(C)CC[C@H]3C2(C)C)[C@H](O)[C@@H](O)[C@@H]1O. The molecule has 2 aliphatic heterocycles. The van der Waals surface area contributed by atoms with Crippen LogP contribution in [-0.4, -0.2) is 128 Å². The topological polar surface area (TPSA) is 222 Å². The maximum atomic E-state index is 14.6. The van der Waals surface area contributed by atoms with Crippen LogP contribution in [0.15, 0.2) is 11.6 Å². The van der Waals surface area contributed by atoms with E-state index in [0.29, 0.717) is 25.2 Å². The van der Waals surface area contributed by atoms with Gasteiger partial charge in [0.2, 0.25) is 6.29 Å². The van der Waals surface area contributed by atoms with Crippen LogP contribution in [-0.2, 0) is 33.3 Å². The van der Waals surface area contributed by atoms with E-state index in [1.54, 1.807) is 6.92 Å². The molecule has 2 saturated heterocycles. The molecule has 7 rings (SSSR count). The van der Waals surface area contributed by atoms with E-state index in [-0.39, 0.29) is 51.6 Å². The van der Waals surface area contributed by atoms with Crippen molar-refractivity contribution >= 4 is 11.9 Å². The fourth-order valence-electron chi connectivity index (χ4n) is 13.8. The first-order valence-electron chi connectivity index (χ1n) is 21.8. The van der Waals surface area contributed by atoms with Crippen LogP contribution in [0.1, 0.15) is 120 Å². The van der Waals surface area contributed by atoms with E-state index >= 15 is 0 Å². The van der Waals surface area contributed by atoms with Gasteiger partial charge in [-0.2, -0.15) is 0 Å². The maximum absolute atomic E-state index is 14.6. The fourth-order valence-corrected chi connectivity index (χ4v) is 13.8. The van der Waals surface area contributed by atoms with Gasteiger partial charge in [-0.1, -0.05) is 60.1 Å². The zero-order valence-corrected chi connectivity index (χ0v) is 35.6. The number of carbonyl (C=O) groups is 2. The van der Waals surface area contributed by atoms with E-state index in [1.807, 2.05) is 0 Å². The molecule has 0 radical (unpaired) electrons. The molecule has 14 nitrogen and oxygen atoms in total. The van der Waals surface area contributed by atoms with Gasteiger partial charge in [0, 0.05) is 0 Å². The van der Waals surface area contributed by atoms with Gasteiger partial charge in [0.1, 0.15) is 42.7 Å². The van der Waals surface area contributed by atoms with E-state index < -0.39 is 85.4 Å². The highest BCUT2D eigenvalue weighted by Gasteiger charge is 2.70. The van der Waals surface area contributed by atoms with Gasteiger partial charge in [0.05, 0.1) is 24.7 Å². The lowest BCUT2D eigenvalue weighted by atomic mass is 9.33. The van der Waals surface area contributed by atoms with Crippen LogP contribution >= 0.6 is 0 Å². The van der Waals surface area contributed by atoms with Crippen molar-refractivity contribution in [3.05, 3.63) is 11.6 Å². The number of aliphatic hydroxyl groups excluding tert-OH is 7. The Labute approximate surface area is 342 Å². The fraction of sp³-hybridized carbons (Fsp3) is 0.909. The lowest BCUT2D eigenvalue weighted by Gasteiger charge is -2.71. The Morgan fingerprint density at radius 3 is 2.09 bits per heavy atom. The molecule has 7 aliphatic rings. The van der Waals surface area contributed by atoms with Gasteiger partial charge >= 0.3 is 11.9 Å². The Morgan fingerprint density at radius 2 is 1.41 bits per heavy atom. The molecule has 14 heteroatoms. The average Bonchev–Trinajstić information content (AvgIpc) is 3.16. The minimum atomic E-state index is -1.67. The first kappa shape index (κ1) is 44.3. The smallest absolute Gasteiger partial charge is 0.338 e. The first-order valence-corrected chi connectivity index (χ1v) is 21.8. The molecule has 5 aliphatic carbocycles. The average molecular weight is 823 g/mol. The molecular formula is C44H70O14. The van der Waals surface area contributed by atoms with Crippen LogP contribution in [0.4, 0.5) is 0 Å². The van der Waals surface area contributed by atoms with Crippen molar-refractivity contribution < 1.29 is 69.0 Å². The number of hydrogen-bond acceptors (Lipinski definition) is 14. The Kier molecular flexibility index (Phi) is 11.7. The summed E-state index contributed by atoms with van der Waals surface area (Å²) in [6, 6.07) is 0. The van der Waals surface area contributed by atoms with Gasteiger partial charge in [0.25, 0.3) is 0 Å². The Bertz CT molecular complexity index is 1600. The van der Waals surface area contributed by atoms with Gasteiger partial charge in [-0.25, -0.2) is 4.79 Å². The van der Waals surface area contributed by atoms with Crippen molar-refractivity contribution in [1.29, 1.82) is 0 Å². The first-order chi connectivity index (χ1) is 27.0. The number of carbonyl (C=O) groups excluding carboxylic acids is 2. The third kappa shape index (κ3) is 6.64. The van der Waals surface area contributed by atoms with Gasteiger partial charge in [0.15, 0.2) is 12.4 Å². The molecule has 0 aromatic carbocycles. The minimum absolute atomic E-state index is 0.0272. The summed E-state index contributed by atoms with van der Waals surface area (Å²) in [4.78, 5) is 27.2. The van der Waals surface area contributed by atoms with Crippen molar-refractivity contribution in [1.82, 2.24) is 0 Å². The van der Waals surface area contributed by atoms with E-state index in [2.05, 4.69) is 54.5 Å².